The Bertz CT molecular complexity index is 649. The fraction of sp³-hybridized carbons (Fsp3) is 0.267. The first-order valence-electron chi connectivity index (χ1n) is 6.60. The number of nitrogens with zero attached hydrogens (tertiary/aromatic N) is 1. The molecule has 0 bridgehead atoms. The molecule has 1 aromatic carbocycles. The Morgan fingerprint density at radius 3 is 2.76 bits per heavy atom. The largest absolute Gasteiger partial charge is 0.463 e. The molecule has 1 atom stereocenters. The molecule has 0 saturated heterocycles. The summed E-state index contributed by atoms with van der Waals surface area (Å²) in [5.41, 5.74) is 0. The van der Waals surface area contributed by atoms with Crippen LogP contribution in [0.25, 0.3) is 0 Å². The minimum atomic E-state index is -3.22. The average Bonchev–Trinajstić information content (AvgIpc) is 2.46. The Hall–Kier alpha value is -1.84. The highest BCUT2D eigenvalue weighted by atomic mass is 31.2. The molecular formula is C15H18NO4P. The molecule has 6 heteroatoms. The summed E-state index contributed by atoms with van der Waals surface area (Å²) in [5, 5.41) is 0.893. The van der Waals surface area contributed by atoms with E-state index < -0.39 is 7.37 Å². The highest BCUT2D eigenvalue weighted by Gasteiger charge is 2.35. The van der Waals surface area contributed by atoms with Crippen LogP contribution in [0.4, 0.5) is 0 Å². The van der Waals surface area contributed by atoms with Gasteiger partial charge in [0.05, 0.1) is 17.2 Å². The molecule has 1 unspecified atom stereocenters. The maximum atomic E-state index is 13.2. The molecule has 0 N–H and O–H groups in total. The zero-order valence-corrected chi connectivity index (χ0v) is 13.2. The predicted molar refractivity (Wildman–Crippen MR) is 81.9 cm³/mol. The third-order valence-electron chi connectivity index (χ3n) is 2.98. The lowest BCUT2D eigenvalue weighted by atomic mass is 10.3. The van der Waals surface area contributed by atoms with Crippen molar-refractivity contribution in [2.75, 3.05) is 20.7 Å². The van der Waals surface area contributed by atoms with Gasteiger partial charge in [-0.05, 0) is 25.1 Å². The molecular weight excluding hydrogens is 289 g/mol. The number of amides is 1. The van der Waals surface area contributed by atoms with Gasteiger partial charge in [-0.3, -0.25) is 9.36 Å². The fourth-order valence-corrected chi connectivity index (χ4v) is 3.99. The van der Waals surface area contributed by atoms with Crippen molar-refractivity contribution in [1.82, 2.24) is 4.90 Å². The highest BCUT2D eigenvalue weighted by molar-refractivity contribution is 7.71. The summed E-state index contributed by atoms with van der Waals surface area (Å²) in [6.45, 7) is 2.09. The van der Waals surface area contributed by atoms with Crippen LogP contribution >= 0.6 is 7.37 Å². The first kappa shape index (κ1) is 15.5. The number of likely N-dealkylation sites (N-methyl/N-ethyl adjacent to an activating group) is 1. The van der Waals surface area contributed by atoms with Crippen molar-refractivity contribution in [3.8, 4) is 5.75 Å². The molecule has 1 amide bonds. The van der Waals surface area contributed by atoms with Crippen LogP contribution in [0.15, 0.2) is 48.0 Å². The second-order valence-corrected chi connectivity index (χ2v) is 7.02. The van der Waals surface area contributed by atoms with Gasteiger partial charge >= 0.3 is 0 Å². The summed E-state index contributed by atoms with van der Waals surface area (Å²) in [4.78, 5) is 13.1. The Morgan fingerprint density at radius 1 is 1.38 bits per heavy atom. The number of fused-ring (bicyclic) bond motifs is 1. The van der Waals surface area contributed by atoms with Gasteiger partial charge in [-0.15, -0.1) is 0 Å². The summed E-state index contributed by atoms with van der Waals surface area (Å²) in [7, 11) is 0.0759. The molecule has 0 radical (unpaired) electrons. The van der Waals surface area contributed by atoms with E-state index in [9.17, 15) is 9.36 Å². The smallest absolute Gasteiger partial charge is 0.268 e. The lowest BCUT2D eigenvalue weighted by molar-refractivity contribution is -0.123. The van der Waals surface area contributed by atoms with Gasteiger partial charge in [-0.25, -0.2) is 0 Å². The number of benzene rings is 1. The molecule has 0 saturated carbocycles. The Kier molecular flexibility index (Phi) is 4.66. The van der Waals surface area contributed by atoms with E-state index in [0.717, 1.165) is 0 Å². The van der Waals surface area contributed by atoms with Gasteiger partial charge in [0.1, 0.15) is 12.0 Å². The van der Waals surface area contributed by atoms with Crippen LogP contribution in [-0.2, 0) is 13.9 Å². The van der Waals surface area contributed by atoms with Crippen LogP contribution < -0.4 is 10.0 Å². The number of allylic oxidation sites excluding steroid dienone is 2. The minimum Gasteiger partial charge on any atom is -0.463 e. The van der Waals surface area contributed by atoms with Gasteiger partial charge in [0.2, 0.25) is 5.91 Å². The minimum absolute atomic E-state index is 0.196. The number of carbonyl (C=O) groups excluding carboxylic acids is 1. The van der Waals surface area contributed by atoms with Crippen LogP contribution in [0.5, 0.6) is 5.75 Å². The second-order valence-electron chi connectivity index (χ2n) is 4.66. The number of para-hydroxylation sites is 1. The normalized spacial score (nSPS) is 20.6. The third kappa shape index (κ3) is 3.09. The molecule has 1 aliphatic rings. The number of rotatable bonds is 4. The Balaban J connectivity index is 2.41. The van der Waals surface area contributed by atoms with Crippen LogP contribution in [-0.4, -0.2) is 31.5 Å². The summed E-state index contributed by atoms with van der Waals surface area (Å²) in [5.74, 6) is 0.322. The van der Waals surface area contributed by atoms with Crippen molar-refractivity contribution in [2.24, 2.45) is 0 Å². The molecule has 0 fully saturated rings. The van der Waals surface area contributed by atoms with Crippen molar-refractivity contribution in [3.05, 3.63) is 48.0 Å². The molecule has 5 nitrogen and oxygen atoms in total. The van der Waals surface area contributed by atoms with Crippen molar-refractivity contribution < 1.29 is 18.6 Å². The fourth-order valence-electron chi connectivity index (χ4n) is 1.90. The van der Waals surface area contributed by atoms with Gasteiger partial charge in [-0.2, -0.15) is 0 Å². The summed E-state index contributed by atoms with van der Waals surface area (Å²) < 4.78 is 24.2. The van der Waals surface area contributed by atoms with Gasteiger partial charge < -0.3 is 14.2 Å². The van der Waals surface area contributed by atoms with Crippen molar-refractivity contribution in [1.29, 1.82) is 0 Å². The summed E-state index contributed by atoms with van der Waals surface area (Å²) in [6, 6.07) is 7.05. The average molecular weight is 307 g/mol. The zero-order valence-electron chi connectivity index (χ0n) is 12.3. The van der Waals surface area contributed by atoms with E-state index in [0.29, 0.717) is 23.0 Å². The Labute approximate surface area is 124 Å². The van der Waals surface area contributed by atoms with E-state index >= 15 is 0 Å². The molecule has 2 rings (SSSR count). The highest BCUT2D eigenvalue weighted by Crippen LogP contribution is 2.57. The quantitative estimate of drug-likeness (QED) is 0.633. The van der Waals surface area contributed by atoms with Crippen molar-refractivity contribution in [2.45, 2.75) is 6.92 Å². The third-order valence-corrected chi connectivity index (χ3v) is 5.54. The number of ether oxygens (including phenoxy) is 1. The van der Waals surface area contributed by atoms with Crippen molar-refractivity contribution in [3.63, 3.8) is 0 Å². The number of carbonyl (C=O) groups is 1. The van der Waals surface area contributed by atoms with Crippen molar-refractivity contribution >= 4 is 18.6 Å². The van der Waals surface area contributed by atoms with Gasteiger partial charge in [-0.1, -0.05) is 12.1 Å². The van der Waals surface area contributed by atoms with Gasteiger partial charge in [0.15, 0.2) is 0 Å². The zero-order chi connectivity index (χ0) is 15.5. The van der Waals surface area contributed by atoms with E-state index in [1.807, 2.05) is 0 Å². The van der Waals surface area contributed by atoms with Gasteiger partial charge in [0, 0.05) is 20.2 Å². The molecule has 1 aromatic rings. The number of hydrogen-bond donors (Lipinski definition) is 0. The molecule has 21 heavy (non-hydrogen) atoms. The lowest BCUT2D eigenvalue weighted by Crippen LogP contribution is -2.19. The SMILES string of the molecule is CCOP1(=O)C(/C=C/C(=O)N(C)C)=COc2ccccc21. The van der Waals surface area contributed by atoms with E-state index in [1.54, 1.807) is 45.3 Å². The maximum absolute atomic E-state index is 13.2. The summed E-state index contributed by atoms with van der Waals surface area (Å²) in [6.07, 6.45) is 4.24. The van der Waals surface area contributed by atoms with Crippen LogP contribution in [0.3, 0.4) is 0 Å². The van der Waals surface area contributed by atoms with E-state index in [1.165, 1.54) is 23.3 Å². The molecule has 112 valence electrons. The monoisotopic (exact) mass is 307 g/mol. The molecule has 0 spiro atoms. The summed E-state index contributed by atoms with van der Waals surface area (Å²) >= 11 is 0. The van der Waals surface area contributed by atoms with Crippen LogP contribution in [0.1, 0.15) is 6.92 Å². The maximum Gasteiger partial charge on any atom is 0.268 e. The van der Waals surface area contributed by atoms with Gasteiger partial charge in [0.25, 0.3) is 7.37 Å². The predicted octanol–water partition coefficient (Wildman–Crippen LogP) is 2.50. The Morgan fingerprint density at radius 2 is 2.10 bits per heavy atom. The molecule has 1 aliphatic heterocycles. The van der Waals surface area contributed by atoms with E-state index in [2.05, 4.69) is 0 Å². The molecule has 0 aliphatic carbocycles. The van der Waals surface area contributed by atoms with E-state index in [4.69, 9.17) is 9.26 Å². The van der Waals surface area contributed by atoms with Crippen LogP contribution in [0, 0.1) is 0 Å². The van der Waals surface area contributed by atoms with Crippen LogP contribution in [0.2, 0.25) is 0 Å². The lowest BCUT2D eigenvalue weighted by Gasteiger charge is -2.25. The first-order valence-corrected chi connectivity index (χ1v) is 8.22. The number of hydrogen-bond acceptors (Lipinski definition) is 4. The molecule has 0 aromatic heterocycles. The topological polar surface area (TPSA) is 55.8 Å². The standard InChI is InChI=1S/C15H18NO4P/c1-4-20-21(18)12(9-10-15(17)16(2)3)11-19-13-7-5-6-8-14(13)21/h5-11H,4H2,1-3H3/b10-9+. The molecule has 1 heterocycles. The second kappa shape index (κ2) is 6.29. The van der Waals surface area contributed by atoms with E-state index in [-0.39, 0.29) is 5.91 Å². The first-order chi connectivity index (χ1) is 9.99.